The maximum atomic E-state index is 6.09. The molecule has 0 N–H and O–H groups in total. The minimum atomic E-state index is -2.75. The van der Waals surface area contributed by atoms with Crippen LogP contribution in [0.3, 0.4) is 0 Å². The first-order valence-corrected chi connectivity index (χ1v) is 8.68. The summed E-state index contributed by atoms with van der Waals surface area (Å²) in [6.07, 6.45) is 0. The Bertz CT molecular complexity index is 460. The van der Waals surface area contributed by atoms with Gasteiger partial charge in [-0.25, -0.2) is 0 Å². The Morgan fingerprint density at radius 3 is 2.05 bits per heavy atom. The Hall–Kier alpha value is -1.62. The molecule has 1 unspecified atom stereocenters. The Morgan fingerprint density at radius 2 is 1.50 bits per heavy atom. The minimum absolute atomic E-state index is 0.569. The highest BCUT2D eigenvalue weighted by Crippen LogP contribution is 2.20. The second kappa shape index (κ2) is 7.24. The van der Waals surface area contributed by atoms with E-state index in [1.165, 1.54) is 0 Å². The lowest BCUT2D eigenvalue weighted by Crippen LogP contribution is -2.50. The van der Waals surface area contributed by atoms with Crippen LogP contribution < -0.4 is 4.43 Å². The molecule has 0 aromatic heterocycles. The van der Waals surface area contributed by atoms with Gasteiger partial charge in [-0.15, -0.1) is 0 Å². The van der Waals surface area contributed by atoms with E-state index in [0.717, 1.165) is 11.3 Å². The molecule has 0 aliphatic rings. The van der Waals surface area contributed by atoms with Gasteiger partial charge in [-0.1, -0.05) is 48.5 Å². The van der Waals surface area contributed by atoms with Gasteiger partial charge in [0.2, 0.25) is 0 Å². The normalized spacial score (nSPS) is 13.7. The molecule has 2 rings (SSSR count). The fourth-order valence-electron chi connectivity index (χ4n) is 2.02. The summed E-state index contributed by atoms with van der Waals surface area (Å²) in [5.74, 6) is 0.783. The van der Waals surface area contributed by atoms with E-state index in [-0.39, 0.29) is 0 Å². The first kappa shape index (κ1) is 14.8. The summed E-state index contributed by atoms with van der Waals surface area (Å²) in [6.45, 7) is 2.53. The van der Waals surface area contributed by atoms with E-state index in [1.54, 1.807) is 7.11 Å². The van der Waals surface area contributed by atoms with Crippen molar-refractivity contribution in [1.29, 1.82) is 0 Å². The van der Waals surface area contributed by atoms with Gasteiger partial charge in [0.25, 0.3) is 0 Å². The Kier molecular flexibility index (Phi) is 5.35. The van der Waals surface area contributed by atoms with Crippen molar-refractivity contribution < 1.29 is 13.3 Å². The highest BCUT2D eigenvalue weighted by atomic mass is 28.4. The molecule has 0 heterocycles. The van der Waals surface area contributed by atoms with Crippen LogP contribution in [-0.2, 0) is 14.9 Å². The Labute approximate surface area is 121 Å². The molecule has 0 bridgehead atoms. The summed E-state index contributed by atoms with van der Waals surface area (Å²) >= 11 is 0. The summed E-state index contributed by atoms with van der Waals surface area (Å²) in [6, 6.07) is 20.5. The number of para-hydroxylation sites is 1. The van der Waals surface area contributed by atoms with Crippen LogP contribution in [0.1, 0.15) is 12.5 Å². The van der Waals surface area contributed by atoms with Gasteiger partial charge in [0, 0.05) is 13.7 Å². The average molecular weight is 288 g/mol. The number of benzene rings is 2. The molecule has 0 radical (unpaired) electrons. The average Bonchev–Trinajstić information content (AvgIpc) is 2.49. The van der Waals surface area contributed by atoms with Crippen LogP contribution in [0.2, 0.25) is 0 Å². The second-order valence-corrected chi connectivity index (χ2v) is 7.02. The zero-order valence-electron chi connectivity index (χ0n) is 11.9. The van der Waals surface area contributed by atoms with Gasteiger partial charge in [0.1, 0.15) is 5.75 Å². The van der Waals surface area contributed by atoms with E-state index in [0.29, 0.717) is 12.7 Å². The highest BCUT2D eigenvalue weighted by Gasteiger charge is 2.42. The molecule has 0 spiro atoms. The third-order valence-electron chi connectivity index (χ3n) is 2.96. The molecule has 0 aliphatic heterocycles. The lowest BCUT2D eigenvalue weighted by Gasteiger charge is -2.28. The number of hydrogen-bond acceptors (Lipinski definition) is 3. The van der Waals surface area contributed by atoms with E-state index < -0.39 is 8.80 Å². The molecule has 0 saturated heterocycles. The summed E-state index contributed by atoms with van der Waals surface area (Å²) < 4.78 is 17.7. The minimum Gasteiger partial charge on any atom is -0.501 e. The molecule has 2 aromatic rings. The highest BCUT2D eigenvalue weighted by molar-refractivity contribution is 6.60. The number of rotatable bonds is 7. The molecular weight excluding hydrogens is 268 g/mol. The van der Waals surface area contributed by atoms with Crippen molar-refractivity contribution in [3.8, 4) is 5.75 Å². The molecule has 106 valence electrons. The largest absolute Gasteiger partial charge is 0.570 e. The van der Waals surface area contributed by atoms with Crippen LogP contribution in [0.15, 0.2) is 60.7 Å². The van der Waals surface area contributed by atoms with Crippen molar-refractivity contribution in [2.24, 2.45) is 0 Å². The monoisotopic (exact) mass is 288 g/mol. The van der Waals surface area contributed by atoms with Crippen molar-refractivity contribution in [3.05, 3.63) is 66.2 Å². The van der Waals surface area contributed by atoms with E-state index in [1.807, 2.05) is 55.5 Å². The first-order chi connectivity index (χ1) is 9.78. The van der Waals surface area contributed by atoms with Gasteiger partial charge < -0.3 is 13.3 Å². The fourth-order valence-corrected chi connectivity index (χ4v) is 4.27. The summed E-state index contributed by atoms with van der Waals surface area (Å²) in [5.41, 5.74) is 1.16. The summed E-state index contributed by atoms with van der Waals surface area (Å²) in [4.78, 5) is 0. The smallest absolute Gasteiger partial charge is 0.501 e. The molecular formula is C16H20O3Si. The van der Waals surface area contributed by atoms with Crippen molar-refractivity contribution in [2.75, 3.05) is 13.7 Å². The summed E-state index contributed by atoms with van der Waals surface area (Å²) in [5, 5.41) is 0. The van der Waals surface area contributed by atoms with Crippen LogP contribution in [0, 0.1) is 0 Å². The molecule has 3 nitrogen and oxygen atoms in total. The van der Waals surface area contributed by atoms with Crippen molar-refractivity contribution in [1.82, 2.24) is 0 Å². The van der Waals surface area contributed by atoms with Crippen molar-refractivity contribution >= 4 is 8.80 Å². The molecule has 0 amide bonds. The van der Waals surface area contributed by atoms with Crippen LogP contribution in [0.25, 0.3) is 0 Å². The van der Waals surface area contributed by atoms with E-state index >= 15 is 0 Å². The predicted octanol–water partition coefficient (Wildman–Crippen LogP) is 3.47. The van der Waals surface area contributed by atoms with Gasteiger partial charge >= 0.3 is 8.80 Å². The zero-order chi connectivity index (χ0) is 14.3. The fraction of sp³-hybridized carbons (Fsp3) is 0.250. The standard InChI is InChI=1S/C16H20O3Si/c1-3-18-20(17-2,14-15-10-6-4-7-11-15)19-16-12-8-5-9-13-16/h4-13H,3,14H2,1-2H3. The van der Waals surface area contributed by atoms with E-state index in [2.05, 4.69) is 12.1 Å². The lowest BCUT2D eigenvalue weighted by molar-refractivity contribution is 0.136. The lowest BCUT2D eigenvalue weighted by atomic mass is 10.2. The molecule has 1 atom stereocenters. The van der Waals surface area contributed by atoms with Crippen LogP contribution in [0.4, 0.5) is 0 Å². The third-order valence-corrected chi connectivity index (χ3v) is 5.69. The van der Waals surface area contributed by atoms with Gasteiger partial charge in [-0.05, 0) is 24.6 Å². The predicted molar refractivity (Wildman–Crippen MR) is 81.6 cm³/mol. The van der Waals surface area contributed by atoms with E-state index in [9.17, 15) is 0 Å². The molecule has 20 heavy (non-hydrogen) atoms. The molecule has 4 heteroatoms. The maximum absolute atomic E-state index is 6.09. The SMILES string of the molecule is CCO[Si](Cc1ccccc1)(OC)Oc1ccccc1. The third kappa shape index (κ3) is 3.93. The van der Waals surface area contributed by atoms with Gasteiger partial charge in [0.05, 0.1) is 6.04 Å². The van der Waals surface area contributed by atoms with Crippen LogP contribution in [0.5, 0.6) is 5.75 Å². The first-order valence-electron chi connectivity index (χ1n) is 6.75. The summed E-state index contributed by atoms with van der Waals surface area (Å²) in [7, 11) is -1.09. The van der Waals surface area contributed by atoms with Crippen LogP contribution in [-0.4, -0.2) is 22.5 Å². The van der Waals surface area contributed by atoms with Gasteiger partial charge in [-0.3, -0.25) is 0 Å². The molecule has 0 saturated carbocycles. The van der Waals surface area contributed by atoms with Crippen molar-refractivity contribution in [3.63, 3.8) is 0 Å². The molecule has 0 aliphatic carbocycles. The quantitative estimate of drug-likeness (QED) is 0.730. The van der Waals surface area contributed by atoms with Crippen LogP contribution >= 0.6 is 0 Å². The number of hydrogen-bond donors (Lipinski definition) is 0. The topological polar surface area (TPSA) is 27.7 Å². The maximum Gasteiger partial charge on any atom is 0.570 e. The van der Waals surface area contributed by atoms with Gasteiger partial charge in [0.15, 0.2) is 0 Å². The molecule has 0 fully saturated rings. The second-order valence-electron chi connectivity index (χ2n) is 4.40. The molecule has 2 aromatic carbocycles. The Morgan fingerprint density at radius 1 is 0.900 bits per heavy atom. The Balaban J connectivity index is 2.20. The van der Waals surface area contributed by atoms with Gasteiger partial charge in [-0.2, -0.15) is 0 Å². The zero-order valence-corrected chi connectivity index (χ0v) is 12.9. The van der Waals surface area contributed by atoms with E-state index in [4.69, 9.17) is 13.3 Å². The van der Waals surface area contributed by atoms with Crippen molar-refractivity contribution in [2.45, 2.75) is 13.0 Å².